The van der Waals surface area contributed by atoms with Gasteiger partial charge in [-0.2, -0.15) is 0 Å². The monoisotopic (exact) mass is 441 g/mol. The SMILES string of the molecule is CSc1nc2c(c(=O)n1C(c1ccccc1)C1CCC1)CCN(C(=O)OC(C)(C)C)C2. The number of carbonyl (C=O) groups is 1. The molecule has 7 heteroatoms. The highest BCUT2D eigenvalue weighted by atomic mass is 32.2. The number of hydrogen-bond acceptors (Lipinski definition) is 5. The van der Waals surface area contributed by atoms with E-state index in [4.69, 9.17) is 9.72 Å². The molecule has 4 rings (SSSR count). The van der Waals surface area contributed by atoms with Crippen LogP contribution in [0, 0.1) is 5.92 Å². The lowest BCUT2D eigenvalue weighted by Crippen LogP contribution is -2.44. The van der Waals surface area contributed by atoms with E-state index in [-0.39, 0.29) is 17.7 Å². The summed E-state index contributed by atoms with van der Waals surface area (Å²) >= 11 is 1.49. The summed E-state index contributed by atoms with van der Waals surface area (Å²) in [5.41, 5.74) is 2.09. The van der Waals surface area contributed by atoms with E-state index in [0.717, 1.165) is 29.1 Å². The highest BCUT2D eigenvalue weighted by Crippen LogP contribution is 2.41. The van der Waals surface area contributed by atoms with Gasteiger partial charge in [0, 0.05) is 12.1 Å². The number of fused-ring (bicyclic) bond motifs is 1. The van der Waals surface area contributed by atoms with Gasteiger partial charge in [0.05, 0.1) is 18.3 Å². The molecule has 0 saturated heterocycles. The van der Waals surface area contributed by atoms with Crippen LogP contribution in [0.5, 0.6) is 0 Å². The van der Waals surface area contributed by atoms with E-state index in [0.29, 0.717) is 31.1 Å². The molecule has 1 saturated carbocycles. The lowest BCUT2D eigenvalue weighted by Gasteiger charge is -2.37. The van der Waals surface area contributed by atoms with E-state index in [1.165, 1.54) is 18.2 Å². The lowest BCUT2D eigenvalue weighted by atomic mass is 9.77. The van der Waals surface area contributed by atoms with Gasteiger partial charge in [-0.1, -0.05) is 48.5 Å². The number of nitrogens with zero attached hydrogens (tertiary/aromatic N) is 3. The van der Waals surface area contributed by atoms with Crippen LogP contribution < -0.4 is 5.56 Å². The van der Waals surface area contributed by atoms with Crippen LogP contribution in [-0.2, 0) is 17.7 Å². The average Bonchev–Trinajstić information content (AvgIpc) is 2.70. The van der Waals surface area contributed by atoms with Gasteiger partial charge < -0.3 is 9.64 Å². The zero-order valence-corrected chi connectivity index (χ0v) is 19.6. The molecule has 1 aliphatic carbocycles. The highest BCUT2D eigenvalue weighted by molar-refractivity contribution is 7.98. The highest BCUT2D eigenvalue weighted by Gasteiger charge is 2.35. The largest absolute Gasteiger partial charge is 0.444 e. The molecule has 166 valence electrons. The summed E-state index contributed by atoms with van der Waals surface area (Å²) in [4.78, 5) is 32.8. The molecule has 1 unspecified atom stereocenters. The average molecular weight is 442 g/mol. The van der Waals surface area contributed by atoms with Crippen molar-refractivity contribution in [3.05, 3.63) is 57.5 Å². The molecule has 0 N–H and O–H groups in total. The molecule has 1 aliphatic heterocycles. The van der Waals surface area contributed by atoms with Crippen LogP contribution in [0.4, 0.5) is 4.79 Å². The lowest BCUT2D eigenvalue weighted by molar-refractivity contribution is 0.0219. The van der Waals surface area contributed by atoms with Crippen LogP contribution in [0.1, 0.15) is 62.9 Å². The Morgan fingerprint density at radius 1 is 1.23 bits per heavy atom. The molecule has 2 aliphatic rings. The maximum atomic E-state index is 13.7. The summed E-state index contributed by atoms with van der Waals surface area (Å²) in [5.74, 6) is 0.452. The van der Waals surface area contributed by atoms with Crippen molar-refractivity contribution in [3.8, 4) is 0 Å². The number of amides is 1. The maximum Gasteiger partial charge on any atom is 0.410 e. The first-order valence-electron chi connectivity index (χ1n) is 11.0. The van der Waals surface area contributed by atoms with Gasteiger partial charge in [-0.15, -0.1) is 0 Å². The Morgan fingerprint density at radius 2 is 1.94 bits per heavy atom. The fraction of sp³-hybridized carbons (Fsp3) is 0.542. The predicted molar refractivity (Wildman–Crippen MR) is 123 cm³/mol. The van der Waals surface area contributed by atoms with E-state index in [1.807, 2.05) is 49.8 Å². The molecule has 1 amide bonds. The number of benzene rings is 1. The van der Waals surface area contributed by atoms with Gasteiger partial charge in [0.25, 0.3) is 5.56 Å². The number of aromatic nitrogens is 2. The van der Waals surface area contributed by atoms with Crippen molar-refractivity contribution >= 4 is 17.9 Å². The molecule has 0 radical (unpaired) electrons. The van der Waals surface area contributed by atoms with Crippen molar-refractivity contribution in [3.63, 3.8) is 0 Å². The van der Waals surface area contributed by atoms with Crippen LogP contribution in [0.15, 0.2) is 40.3 Å². The van der Waals surface area contributed by atoms with Crippen LogP contribution in [-0.4, -0.2) is 38.9 Å². The number of carbonyl (C=O) groups excluding carboxylic acids is 1. The second kappa shape index (κ2) is 8.69. The van der Waals surface area contributed by atoms with Crippen molar-refractivity contribution < 1.29 is 9.53 Å². The number of rotatable bonds is 4. The van der Waals surface area contributed by atoms with Gasteiger partial charge >= 0.3 is 6.09 Å². The number of hydrogen-bond donors (Lipinski definition) is 0. The molecule has 2 heterocycles. The van der Waals surface area contributed by atoms with Crippen LogP contribution >= 0.6 is 11.8 Å². The van der Waals surface area contributed by atoms with Crippen molar-refractivity contribution in [1.29, 1.82) is 0 Å². The Labute approximate surface area is 188 Å². The second-order valence-electron chi connectivity index (χ2n) is 9.40. The molecule has 6 nitrogen and oxygen atoms in total. The van der Waals surface area contributed by atoms with Gasteiger partial charge in [0.2, 0.25) is 0 Å². The van der Waals surface area contributed by atoms with Gasteiger partial charge in [-0.05, 0) is 57.8 Å². The summed E-state index contributed by atoms with van der Waals surface area (Å²) in [6.07, 6.45) is 5.57. The topological polar surface area (TPSA) is 64.4 Å². The van der Waals surface area contributed by atoms with Crippen molar-refractivity contribution in [2.75, 3.05) is 12.8 Å². The first kappa shape index (κ1) is 21.9. The van der Waals surface area contributed by atoms with Crippen LogP contribution in [0.2, 0.25) is 0 Å². The Bertz CT molecular complexity index is 1010. The molecule has 0 bridgehead atoms. The third kappa shape index (κ3) is 4.52. The minimum absolute atomic E-state index is 0.00610. The standard InChI is InChI=1S/C24H31N3O3S/c1-24(2,3)30-23(29)26-14-13-18-19(15-26)25-22(31-4)27(21(18)28)20(17-11-8-12-17)16-9-6-5-7-10-16/h5-7,9-10,17,20H,8,11-15H2,1-4H3. The first-order chi connectivity index (χ1) is 14.8. The van der Waals surface area contributed by atoms with Gasteiger partial charge in [-0.25, -0.2) is 9.78 Å². The minimum atomic E-state index is -0.551. The van der Waals surface area contributed by atoms with Crippen molar-refractivity contribution in [1.82, 2.24) is 14.5 Å². The minimum Gasteiger partial charge on any atom is -0.444 e. The maximum absolute atomic E-state index is 13.7. The molecule has 2 aromatic rings. The van der Waals surface area contributed by atoms with Crippen LogP contribution in [0.3, 0.4) is 0 Å². The summed E-state index contributed by atoms with van der Waals surface area (Å²) in [7, 11) is 0. The van der Waals surface area contributed by atoms with Gasteiger partial charge in [0.15, 0.2) is 5.16 Å². The fourth-order valence-corrected chi connectivity index (χ4v) is 4.99. The molecule has 1 aromatic carbocycles. The Balaban J connectivity index is 1.72. The van der Waals surface area contributed by atoms with E-state index in [2.05, 4.69) is 12.1 Å². The number of ether oxygens (including phenoxy) is 1. The molecule has 1 fully saturated rings. The molecule has 0 spiro atoms. The summed E-state index contributed by atoms with van der Waals surface area (Å²) < 4.78 is 7.45. The third-order valence-electron chi connectivity index (χ3n) is 6.08. The first-order valence-corrected chi connectivity index (χ1v) is 12.2. The summed E-state index contributed by atoms with van der Waals surface area (Å²) in [5, 5.41) is 0.718. The Morgan fingerprint density at radius 3 is 2.52 bits per heavy atom. The zero-order chi connectivity index (χ0) is 22.2. The van der Waals surface area contributed by atoms with Gasteiger partial charge in [-0.3, -0.25) is 9.36 Å². The molecule has 1 aromatic heterocycles. The van der Waals surface area contributed by atoms with E-state index < -0.39 is 5.60 Å². The van der Waals surface area contributed by atoms with E-state index >= 15 is 0 Å². The fourth-order valence-electron chi connectivity index (χ4n) is 4.39. The Kier molecular flexibility index (Phi) is 6.15. The Hall–Kier alpha value is -2.28. The third-order valence-corrected chi connectivity index (χ3v) is 6.74. The summed E-state index contributed by atoms with van der Waals surface area (Å²) in [6, 6.07) is 10.3. The number of thioether (sulfide) groups is 1. The van der Waals surface area contributed by atoms with Gasteiger partial charge in [0.1, 0.15) is 5.60 Å². The zero-order valence-electron chi connectivity index (χ0n) is 18.8. The van der Waals surface area contributed by atoms with Crippen molar-refractivity contribution in [2.45, 2.75) is 69.8 Å². The quantitative estimate of drug-likeness (QED) is 0.511. The molecule has 31 heavy (non-hydrogen) atoms. The van der Waals surface area contributed by atoms with E-state index in [9.17, 15) is 9.59 Å². The smallest absolute Gasteiger partial charge is 0.410 e. The molecular formula is C24H31N3O3S. The molecular weight excluding hydrogens is 410 g/mol. The summed E-state index contributed by atoms with van der Waals surface area (Å²) in [6.45, 7) is 6.35. The van der Waals surface area contributed by atoms with E-state index in [1.54, 1.807) is 4.90 Å². The normalized spacial score (nSPS) is 17.6. The second-order valence-corrected chi connectivity index (χ2v) is 10.2. The predicted octanol–water partition coefficient (Wildman–Crippen LogP) is 4.65. The molecule has 1 atom stereocenters. The van der Waals surface area contributed by atoms with Crippen molar-refractivity contribution in [2.24, 2.45) is 5.92 Å². The van der Waals surface area contributed by atoms with Crippen LogP contribution in [0.25, 0.3) is 0 Å².